The fourth-order valence-corrected chi connectivity index (χ4v) is 5.64. The maximum absolute atomic E-state index is 6.51. The van der Waals surface area contributed by atoms with Gasteiger partial charge in [-0.2, -0.15) is 0 Å². The van der Waals surface area contributed by atoms with Gasteiger partial charge in [-0.1, -0.05) is 105 Å². The van der Waals surface area contributed by atoms with Gasteiger partial charge in [0.2, 0.25) is 0 Å². The maximum atomic E-state index is 6.51. The summed E-state index contributed by atoms with van der Waals surface area (Å²) in [7, 11) is 0.615. The molecule has 0 saturated heterocycles. The van der Waals surface area contributed by atoms with Crippen molar-refractivity contribution in [1.82, 2.24) is 0 Å². The number of halogens is 2. The lowest BCUT2D eigenvalue weighted by Crippen LogP contribution is -2.44. The van der Waals surface area contributed by atoms with Gasteiger partial charge in [0.05, 0.1) is 0 Å². The third-order valence-electron chi connectivity index (χ3n) is 3.55. The first-order valence-corrected chi connectivity index (χ1v) is 12.5. The number of rotatable bonds is 5. The highest BCUT2D eigenvalue weighted by Gasteiger charge is 2.35. The average molecular weight is 387 g/mol. The Labute approximate surface area is 155 Å². The molecule has 0 aromatic heterocycles. The van der Waals surface area contributed by atoms with Gasteiger partial charge in [0.15, 0.2) is 0 Å². The molecule has 0 spiro atoms. The predicted octanol–water partition coefficient (Wildman–Crippen LogP) is 3.35. The molecule has 0 saturated carbocycles. The summed E-state index contributed by atoms with van der Waals surface area (Å²) in [5.41, 5.74) is 1.28. The first-order valence-electron chi connectivity index (χ1n) is 7.59. The first-order chi connectivity index (χ1) is 11.5. The van der Waals surface area contributed by atoms with Crippen molar-refractivity contribution in [1.29, 1.82) is 0 Å². The van der Waals surface area contributed by atoms with Gasteiger partial charge in [-0.25, -0.2) is 0 Å². The molecule has 0 aliphatic carbocycles. The van der Waals surface area contributed by atoms with Crippen LogP contribution >= 0.6 is 22.2 Å². The van der Waals surface area contributed by atoms with Crippen molar-refractivity contribution in [3.05, 3.63) is 84.4 Å². The van der Waals surface area contributed by atoms with Gasteiger partial charge in [-0.3, -0.25) is 0 Å². The van der Waals surface area contributed by atoms with Crippen molar-refractivity contribution < 1.29 is 4.43 Å². The van der Waals surface area contributed by atoms with Crippen molar-refractivity contribution in [2.24, 2.45) is 0 Å². The third-order valence-corrected chi connectivity index (χ3v) is 8.06. The minimum absolute atomic E-state index is 0.615. The molecule has 0 bridgehead atoms. The zero-order chi connectivity index (χ0) is 17.0. The van der Waals surface area contributed by atoms with Crippen molar-refractivity contribution in [2.75, 3.05) is 0 Å². The summed E-state index contributed by atoms with van der Waals surface area (Å²) in [5, 5.41) is 3.42. The second kappa shape index (κ2) is 7.57. The molecule has 3 aromatic carbocycles. The molecule has 0 N–H and O–H groups in total. The van der Waals surface area contributed by atoms with E-state index in [0.29, 0.717) is 15.3 Å². The molecule has 0 unspecified atom stereocenters. The van der Waals surface area contributed by atoms with Crippen LogP contribution in [0.4, 0.5) is 0 Å². The van der Waals surface area contributed by atoms with Gasteiger partial charge in [-0.05, 0) is 19.1 Å². The first kappa shape index (κ1) is 17.3. The number of aryl methyl sites for hydroxylation is 1. The van der Waals surface area contributed by atoms with Crippen LogP contribution in [0.15, 0.2) is 78.9 Å². The topological polar surface area (TPSA) is 9.23 Å². The largest absolute Gasteiger partial charge is 0.515 e. The van der Waals surface area contributed by atoms with Gasteiger partial charge in [0, 0.05) is 5.19 Å². The molecule has 0 atom stereocenters. The van der Waals surface area contributed by atoms with E-state index >= 15 is 0 Å². The normalized spacial score (nSPS) is 11.3. The van der Waals surface area contributed by atoms with E-state index in [1.807, 2.05) is 42.5 Å². The van der Waals surface area contributed by atoms with Gasteiger partial charge < -0.3 is 4.43 Å². The predicted molar refractivity (Wildman–Crippen MR) is 107 cm³/mol. The van der Waals surface area contributed by atoms with Crippen molar-refractivity contribution in [2.45, 2.75) is 6.92 Å². The molecule has 3 aromatic rings. The Morgan fingerprint density at radius 1 is 0.750 bits per heavy atom. The monoisotopic (exact) mass is 386 g/mol. The molecule has 0 fully saturated rings. The molecule has 0 aliphatic heterocycles. The Morgan fingerprint density at radius 2 is 1.29 bits per heavy atom. The third kappa shape index (κ3) is 4.51. The molecule has 0 amide bonds. The van der Waals surface area contributed by atoms with E-state index in [2.05, 4.69) is 43.3 Å². The molecule has 3 rings (SSSR count). The standard InChI is InChI=1S/C19H16Cl2OSi2/c1-15-7-9-17(10-8-15)23-18-11-13-19(14-12-18)24(20,21)22-16-5-3-2-4-6-16/h2-14H,1H3. The van der Waals surface area contributed by atoms with Crippen LogP contribution in [-0.4, -0.2) is 16.5 Å². The Balaban J connectivity index is 1.72. The Morgan fingerprint density at radius 3 is 1.88 bits per heavy atom. The molecule has 1 nitrogen and oxygen atoms in total. The molecular weight excluding hydrogens is 371 g/mol. The number of hydrogen-bond acceptors (Lipinski definition) is 1. The second-order valence-electron chi connectivity index (χ2n) is 5.50. The van der Waals surface area contributed by atoms with E-state index in [0.717, 1.165) is 5.19 Å². The highest BCUT2D eigenvalue weighted by atomic mass is 35.7. The number of para-hydroxylation sites is 1. The fourth-order valence-electron chi connectivity index (χ4n) is 2.25. The van der Waals surface area contributed by atoms with E-state index in [1.54, 1.807) is 0 Å². The summed E-state index contributed by atoms with van der Waals surface area (Å²) in [5.74, 6) is 0.694. The Hall–Kier alpha value is -1.53. The van der Waals surface area contributed by atoms with Crippen LogP contribution in [0.3, 0.4) is 0 Å². The molecule has 0 heterocycles. The van der Waals surface area contributed by atoms with E-state index < -0.39 is 6.94 Å². The number of hydrogen-bond donors (Lipinski definition) is 0. The summed E-state index contributed by atoms with van der Waals surface area (Å²) in [6, 6.07) is 26.2. The van der Waals surface area contributed by atoms with Crippen molar-refractivity contribution in [3.8, 4) is 5.75 Å². The van der Waals surface area contributed by atoms with Gasteiger partial charge in [0.25, 0.3) is 0 Å². The zero-order valence-electron chi connectivity index (χ0n) is 13.2. The molecule has 0 aliphatic rings. The fraction of sp³-hybridized carbons (Fsp3) is 0.0526. The zero-order valence-corrected chi connectivity index (χ0v) is 16.7. The number of benzene rings is 3. The smallest absolute Gasteiger partial charge is 0.484 e. The Kier molecular flexibility index (Phi) is 5.46. The van der Waals surface area contributed by atoms with E-state index in [1.165, 1.54) is 15.9 Å². The SMILES string of the molecule is Cc1ccc([Si]c2ccc([Si](Cl)(Cl)Oc3ccccc3)cc2)cc1. The van der Waals surface area contributed by atoms with Gasteiger partial charge >= 0.3 is 6.94 Å². The van der Waals surface area contributed by atoms with E-state index in [-0.39, 0.29) is 0 Å². The van der Waals surface area contributed by atoms with Gasteiger partial charge in [0.1, 0.15) is 15.3 Å². The lowest BCUT2D eigenvalue weighted by atomic mass is 10.2. The summed E-state index contributed by atoms with van der Waals surface area (Å²) in [4.78, 5) is 0. The Bertz CT molecular complexity index is 788. The van der Waals surface area contributed by atoms with Crippen LogP contribution in [0.1, 0.15) is 5.56 Å². The maximum Gasteiger partial charge on any atom is 0.484 e. The average Bonchev–Trinajstić information content (AvgIpc) is 2.58. The highest BCUT2D eigenvalue weighted by Crippen LogP contribution is 2.21. The van der Waals surface area contributed by atoms with Crippen LogP contribution in [0.5, 0.6) is 5.75 Å². The van der Waals surface area contributed by atoms with Crippen LogP contribution < -0.4 is 20.0 Å². The molecule has 5 heteroatoms. The van der Waals surface area contributed by atoms with Crippen LogP contribution in [0, 0.1) is 6.92 Å². The summed E-state index contributed by atoms with van der Waals surface area (Å²) < 4.78 is 5.83. The highest BCUT2D eigenvalue weighted by molar-refractivity contribution is 7.48. The van der Waals surface area contributed by atoms with Crippen molar-refractivity contribution in [3.63, 3.8) is 0 Å². The molecule has 120 valence electrons. The minimum Gasteiger partial charge on any atom is -0.515 e. The molecule has 2 radical (unpaired) electrons. The van der Waals surface area contributed by atoms with Crippen LogP contribution in [-0.2, 0) is 0 Å². The van der Waals surface area contributed by atoms with Crippen molar-refractivity contribution >= 4 is 54.2 Å². The molecular formula is C19H16Cl2OSi2. The summed E-state index contributed by atoms with van der Waals surface area (Å²) in [6.07, 6.45) is 0. The minimum atomic E-state index is -3.00. The van der Waals surface area contributed by atoms with E-state index in [4.69, 9.17) is 26.6 Å². The second-order valence-corrected chi connectivity index (χ2v) is 12.5. The van der Waals surface area contributed by atoms with E-state index in [9.17, 15) is 0 Å². The lowest BCUT2D eigenvalue weighted by molar-refractivity contribution is 0.590. The van der Waals surface area contributed by atoms with Crippen LogP contribution in [0.2, 0.25) is 0 Å². The van der Waals surface area contributed by atoms with Crippen LogP contribution in [0.25, 0.3) is 0 Å². The summed E-state index contributed by atoms with van der Waals surface area (Å²) in [6.45, 7) is -0.898. The quantitative estimate of drug-likeness (QED) is 0.482. The lowest BCUT2D eigenvalue weighted by Gasteiger charge is -2.19. The molecule has 24 heavy (non-hydrogen) atoms. The summed E-state index contributed by atoms with van der Waals surface area (Å²) >= 11 is 13.0. The van der Waals surface area contributed by atoms with Gasteiger partial charge in [-0.15, -0.1) is 0 Å².